The molecule has 1 aromatic carbocycles. The van der Waals surface area contributed by atoms with E-state index in [9.17, 15) is 4.79 Å². The highest BCUT2D eigenvalue weighted by Crippen LogP contribution is 2.10. The minimum Gasteiger partial charge on any atom is -0.348 e. The summed E-state index contributed by atoms with van der Waals surface area (Å²) in [6, 6.07) is 15.7. The Morgan fingerprint density at radius 1 is 1.15 bits per heavy atom. The van der Waals surface area contributed by atoms with Crippen LogP contribution in [0.2, 0.25) is 0 Å². The molecule has 1 aromatic heterocycles. The Morgan fingerprint density at radius 3 is 2.60 bits per heavy atom. The summed E-state index contributed by atoms with van der Waals surface area (Å²) in [6.45, 7) is 2.85. The molecule has 2 N–H and O–H groups in total. The van der Waals surface area contributed by atoms with Gasteiger partial charge in [0.2, 0.25) is 5.91 Å². The van der Waals surface area contributed by atoms with Crippen LogP contribution in [0.1, 0.15) is 24.2 Å². The van der Waals surface area contributed by atoms with Crippen molar-refractivity contribution < 1.29 is 4.79 Å². The molecule has 1 atom stereocenters. The number of pyridine rings is 1. The fourth-order valence-electron chi connectivity index (χ4n) is 1.92. The predicted molar refractivity (Wildman–Crippen MR) is 78.9 cm³/mol. The maximum Gasteiger partial charge on any atom is 0.234 e. The van der Waals surface area contributed by atoms with Crippen molar-refractivity contribution in [3.8, 4) is 0 Å². The molecule has 0 bridgehead atoms. The molecule has 1 amide bonds. The molecule has 0 saturated heterocycles. The number of hydrogen-bond donors (Lipinski definition) is 2. The molecule has 104 valence electrons. The summed E-state index contributed by atoms with van der Waals surface area (Å²) < 4.78 is 0. The summed E-state index contributed by atoms with van der Waals surface area (Å²) in [4.78, 5) is 16.0. The van der Waals surface area contributed by atoms with Gasteiger partial charge < -0.3 is 10.6 Å². The van der Waals surface area contributed by atoms with Crippen molar-refractivity contribution >= 4 is 5.91 Å². The quantitative estimate of drug-likeness (QED) is 0.844. The van der Waals surface area contributed by atoms with Crippen molar-refractivity contribution in [2.24, 2.45) is 0 Å². The van der Waals surface area contributed by atoms with E-state index in [0.717, 1.165) is 11.3 Å². The van der Waals surface area contributed by atoms with Gasteiger partial charge in [-0.2, -0.15) is 0 Å². The maximum atomic E-state index is 11.8. The Bertz CT molecular complexity index is 528. The lowest BCUT2D eigenvalue weighted by molar-refractivity contribution is -0.120. The van der Waals surface area contributed by atoms with Crippen LogP contribution in [0.4, 0.5) is 0 Å². The third-order valence-electron chi connectivity index (χ3n) is 2.99. The minimum absolute atomic E-state index is 0.0142. The number of hydrogen-bond acceptors (Lipinski definition) is 3. The second-order valence-electron chi connectivity index (χ2n) is 4.62. The first-order valence-corrected chi connectivity index (χ1v) is 6.70. The van der Waals surface area contributed by atoms with Crippen molar-refractivity contribution in [3.63, 3.8) is 0 Å². The number of carbonyl (C=O) groups is 1. The Labute approximate surface area is 119 Å². The standard InChI is InChI=1S/C16H19N3O/c1-13(14-7-3-2-4-8-14)19-16(20)12-17-11-15-9-5-6-10-18-15/h2-10,13,17H,11-12H2,1H3,(H,19,20). The first-order chi connectivity index (χ1) is 9.75. The minimum atomic E-state index is -0.0164. The zero-order valence-corrected chi connectivity index (χ0v) is 11.5. The summed E-state index contributed by atoms with van der Waals surface area (Å²) in [7, 11) is 0. The number of nitrogens with zero attached hydrogens (tertiary/aromatic N) is 1. The fraction of sp³-hybridized carbons (Fsp3) is 0.250. The van der Waals surface area contributed by atoms with Crippen LogP contribution in [-0.2, 0) is 11.3 Å². The van der Waals surface area contributed by atoms with Gasteiger partial charge in [-0.25, -0.2) is 0 Å². The molecule has 0 spiro atoms. The Morgan fingerprint density at radius 2 is 1.90 bits per heavy atom. The summed E-state index contributed by atoms with van der Waals surface area (Å²) >= 11 is 0. The number of amides is 1. The van der Waals surface area contributed by atoms with Gasteiger partial charge in [0.1, 0.15) is 0 Å². The van der Waals surface area contributed by atoms with Crippen LogP contribution in [0.25, 0.3) is 0 Å². The van der Waals surface area contributed by atoms with E-state index < -0.39 is 0 Å². The molecule has 2 aromatic rings. The van der Waals surface area contributed by atoms with Crippen LogP contribution in [0, 0.1) is 0 Å². The molecule has 0 aliphatic carbocycles. The van der Waals surface area contributed by atoms with E-state index in [-0.39, 0.29) is 18.5 Å². The van der Waals surface area contributed by atoms with Gasteiger partial charge in [0, 0.05) is 12.7 Å². The molecule has 0 aliphatic rings. The molecule has 20 heavy (non-hydrogen) atoms. The normalized spacial score (nSPS) is 11.8. The van der Waals surface area contributed by atoms with Crippen LogP contribution in [0.15, 0.2) is 54.7 Å². The maximum absolute atomic E-state index is 11.8. The van der Waals surface area contributed by atoms with E-state index in [4.69, 9.17) is 0 Å². The zero-order chi connectivity index (χ0) is 14.2. The van der Waals surface area contributed by atoms with E-state index in [1.807, 2.05) is 55.5 Å². The summed E-state index contributed by atoms with van der Waals surface area (Å²) in [5.74, 6) is -0.0164. The highest BCUT2D eigenvalue weighted by atomic mass is 16.1. The SMILES string of the molecule is CC(NC(=O)CNCc1ccccn1)c1ccccc1. The average Bonchev–Trinajstić information content (AvgIpc) is 2.49. The number of aromatic nitrogens is 1. The largest absolute Gasteiger partial charge is 0.348 e. The Kier molecular flexibility index (Phi) is 5.26. The fourth-order valence-corrected chi connectivity index (χ4v) is 1.92. The summed E-state index contributed by atoms with van der Waals surface area (Å²) in [6.07, 6.45) is 1.74. The van der Waals surface area contributed by atoms with Crippen molar-refractivity contribution in [1.29, 1.82) is 0 Å². The highest BCUT2D eigenvalue weighted by molar-refractivity contribution is 5.78. The number of carbonyl (C=O) groups excluding carboxylic acids is 1. The molecule has 0 fully saturated rings. The molecule has 1 unspecified atom stereocenters. The van der Waals surface area contributed by atoms with Crippen molar-refractivity contribution in [1.82, 2.24) is 15.6 Å². The van der Waals surface area contributed by atoms with Crippen LogP contribution in [0.5, 0.6) is 0 Å². The molecule has 4 heteroatoms. The van der Waals surface area contributed by atoms with Crippen molar-refractivity contribution in [2.75, 3.05) is 6.54 Å². The van der Waals surface area contributed by atoms with Crippen LogP contribution in [-0.4, -0.2) is 17.4 Å². The lowest BCUT2D eigenvalue weighted by atomic mass is 10.1. The van der Waals surface area contributed by atoms with Gasteiger partial charge in [-0.3, -0.25) is 9.78 Å². The van der Waals surface area contributed by atoms with E-state index in [1.54, 1.807) is 6.20 Å². The van der Waals surface area contributed by atoms with Crippen LogP contribution in [0.3, 0.4) is 0 Å². The first-order valence-electron chi connectivity index (χ1n) is 6.70. The van der Waals surface area contributed by atoms with Crippen molar-refractivity contribution in [2.45, 2.75) is 19.5 Å². The van der Waals surface area contributed by atoms with Gasteiger partial charge >= 0.3 is 0 Å². The average molecular weight is 269 g/mol. The van der Waals surface area contributed by atoms with Crippen LogP contribution >= 0.6 is 0 Å². The van der Waals surface area contributed by atoms with Crippen molar-refractivity contribution in [3.05, 3.63) is 66.0 Å². The van der Waals surface area contributed by atoms with E-state index >= 15 is 0 Å². The third kappa shape index (κ3) is 4.48. The van der Waals surface area contributed by atoms with Gasteiger partial charge in [-0.15, -0.1) is 0 Å². The molecule has 0 radical (unpaired) electrons. The number of rotatable bonds is 6. The summed E-state index contributed by atoms with van der Waals surface area (Å²) in [5.41, 5.74) is 2.03. The second kappa shape index (κ2) is 7.40. The molecular weight excluding hydrogens is 250 g/mol. The molecule has 1 heterocycles. The van der Waals surface area contributed by atoms with E-state index in [2.05, 4.69) is 15.6 Å². The van der Waals surface area contributed by atoms with E-state index in [1.165, 1.54) is 0 Å². The molecule has 2 rings (SSSR count). The monoisotopic (exact) mass is 269 g/mol. The van der Waals surface area contributed by atoms with Crippen LogP contribution < -0.4 is 10.6 Å². The third-order valence-corrected chi connectivity index (χ3v) is 2.99. The van der Waals surface area contributed by atoms with Gasteiger partial charge in [-0.05, 0) is 24.6 Å². The molecule has 0 aliphatic heterocycles. The van der Waals surface area contributed by atoms with Gasteiger partial charge in [0.15, 0.2) is 0 Å². The lowest BCUT2D eigenvalue weighted by Crippen LogP contribution is -2.35. The second-order valence-corrected chi connectivity index (χ2v) is 4.62. The van der Waals surface area contributed by atoms with Gasteiger partial charge in [0.05, 0.1) is 18.3 Å². The lowest BCUT2D eigenvalue weighted by Gasteiger charge is -2.14. The van der Waals surface area contributed by atoms with Gasteiger partial charge in [0.25, 0.3) is 0 Å². The molecule has 0 saturated carbocycles. The number of benzene rings is 1. The highest BCUT2D eigenvalue weighted by Gasteiger charge is 2.08. The van der Waals surface area contributed by atoms with E-state index in [0.29, 0.717) is 6.54 Å². The Balaban J connectivity index is 1.73. The van der Waals surface area contributed by atoms with Gasteiger partial charge in [-0.1, -0.05) is 36.4 Å². The molecular formula is C16H19N3O. The topological polar surface area (TPSA) is 54.0 Å². The Hall–Kier alpha value is -2.20. The molecule has 4 nitrogen and oxygen atoms in total. The zero-order valence-electron chi connectivity index (χ0n) is 11.5. The smallest absolute Gasteiger partial charge is 0.234 e. The first kappa shape index (κ1) is 14.2. The number of nitrogens with one attached hydrogen (secondary N) is 2. The summed E-state index contributed by atoms with van der Waals surface area (Å²) in [5, 5.41) is 6.04. The predicted octanol–water partition coefficient (Wildman–Crippen LogP) is 2.05.